The van der Waals surface area contributed by atoms with Crippen LogP contribution in [0.15, 0.2) is 12.1 Å². The monoisotopic (exact) mass is 271 g/mol. The van der Waals surface area contributed by atoms with E-state index in [0.29, 0.717) is 29.1 Å². The van der Waals surface area contributed by atoms with E-state index in [1.807, 2.05) is 12.1 Å². The lowest BCUT2D eigenvalue weighted by Crippen LogP contribution is -2.28. The van der Waals surface area contributed by atoms with Crippen LogP contribution in [0.3, 0.4) is 0 Å². The summed E-state index contributed by atoms with van der Waals surface area (Å²) < 4.78 is 15.8. The molecule has 0 spiro atoms. The van der Waals surface area contributed by atoms with Crippen LogP contribution in [0.25, 0.3) is 0 Å². The first-order chi connectivity index (χ1) is 8.76. The standard InChI is InChI=1S/C13H18ClNO3/c1-16-11-4-3-9(12(14)13(11)17-2)7-15-10-5-6-18-8-10/h3-4,10,15H,5-8H2,1-2H3. The number of hydrogen-bond acceptors (Lipinski definition) is 4. The smallest absolute Gasteiger partial charge is 0.179 e. The number of halogens is 1. The zero-order valence-electron chi connectivity index (χ0n) is 10.7. The number of nitrogens with one attached hydrogen (secondary N) is 1. The van der Waals surface area contributed by atoms with Crippen LogP contribution in [0.2, 0.25) is 5.02 Å². The van der Waals surface area contributed by atoms with Gasteiger partial charge in [0.15, 0.2) is 11.5 Å². The third-order valence-corrected chi connectivity index (χ3v) is 3.49. The van der Waals surface area contributed by atoms with Gasteiger partial charge in [-0.3, -0.25) is 0 Å². The van der Waals surface area contributed by atoms with E-state index < -0.39 is 0 Å². The van der Waals surface area contributed by atoms with E-state index in [1.165, 1.54) is 0 Å². The first-order valence-corrected chi connectivity index (χ1v) is 6.34. The van der Waals surface area contributed by atoms with Crippen LogP contribution in [0, 0.1) is 0 Å². The first-order valence-electron chi connectivity index (χ1n) is 5.96. The summed E-state index contributed by atoms with van der Waals surface area (Å²) in [7, 11) is 3.19. The van der Waals surface area contributed by atoms with Gasteiger partial charge in [-0.1, -0.05) is 17.7 Å². The molecule has 5 heteroatoms. The lowest BCUT2D eigenvalue weighted by molar-refractivity contribution is 0.190. The van der Waals surface area contributed by atoms with Gasteiger partial charge in [0.2, 0.25) is 0 Å². The molecule has 0 saturated carbocycles. The van der Waals surface area contributed by atoms with E-state index >= 15 is 0 Å². The molecule has 1 unspecified atom stereocenters. The highest BCUT2D eigenvalue weighted by atomic mass is 35.5. The molecule has 0 aromatic heterocycles. The lowest BCUT2D eigenvalue weighted by Gasteiger charge is -2.15. The average molecular weight is 272 g/mol. The largest absolute Gasteiger partial charge is 0.493 e. The molecule has 1 aromatic carbocycles. The van der Waals surface area contributed by atoms with Gasteiger partial charge in [-0.25, -0.2) is 0 Å². The van der Waals surface area contributed by atoms with Crippen LogP contribution in [-0.4, -0.2) is 33.5 Å². The summed E-state index contributed by atoms with van der Waals surface area (Å²) in [5, 5.41) is 4.02. The quantitative estimate of drug-likeness (QED) is 0.892. The van der Waals surface area contributed by atoms with Gasteiger partial charge in [0.25, 0.3) is 0 Å². The van der Waals surface area contributed by atoms with Crippen molar-refractivity contribution in [3.05, 3.63) is 22.7 Å². The Kier molecular flexibility index (Phi) is 4.69. The molecule has 1 atom stereocenters. The fourth-order valence-electron chi connectivity index (χ4n) is 2.02. The molecule has 0 bridgehead atoms. The Labute approximate surface area is 112 Å². The molecule has 100 valence electrons. The van der Waals surface area contributed by atoms with E-state index in [4.69, 9.17) is 25.8 Å². The van der Waals surface area contributed by atoms with Gasteiger partial charge in [0.05, 0.1) is 25.8 Å². The van der Waals surface area contributed by atoms with Crippen LogP contribution in [-0.2, 0) is 11.3 Å². The maximum atomic E-state index is 6.30. The molecule has 1 fully saturated rings. The van der Waals surface area contributed by atoms with E-state index in [2.05, 4.69) is 5.32 Å². The minimum absolute atomic E-state index is 0.411. The van der Waals surface area contributed by atoms with Gasteiger partial charge in [0, 0.05) is 19.2 Å². The second kappa shape index (κ2) is 6.27. The van der Waals surface area contributed by atoms with Crippen LogP contribution in [0.5, 0.6) is 11.5 Å². The number of benzene rings is 1. The summed E-state index contributed by atoms with van der Waals surface area (Å²) in [5.74, 6) is 1.23. The third kappa shape index (κ3) is 2.88. The van der Waals surface area contributed by atoms with Gasteiger partial charge in [-0.05, 0) is 18.1 Å². The first kappa shape index (κ1) is 13.5. The van der Waals surface area contributed by atoms with Crippen molar-refractivity contribution in [2.24, 2.45) is 0 Å². The normalized spacial score (nSPS) is 18.9. The molecule has 1 aromatic rings. The predicted octanol–water partition coefficient (Wildman–Crippen LogP) is 2.24. The van der Waals surface area contributed by atoms with Gasteiger partial charge >= 0.3 is 0 Å². The number of hydrogen-bond donors (Lipinski definition) is 1. The topological polar surface area (TPSA) is 39.7 Å². The Hall–Kier alpha value is -0.970. The van der Waals surface area contributed by atoms with E-state index in [9.17, 15) is 0 Å². The fourth-order valence-corrected chi connectivity index (χ4v) is 2.32. The maximum Gasteiger partial charge on any atom is 0.179 e. The van der Waals surface area contributed by atoms with E-state index in [0.717, 1.165) is 25.2 Å². The summed E-state index contributed by atoms with van der Waals surface area (Å²) in [6.45, 7) is 2.30. The second-order valence-corrected chi connectivity index (χ2v) is 4.59. The van der Waals surface area contributed by atoms with Crippen molar-refractivity contribution < 1.29 is 14.2 Å². The summed E-state index contributed by atoms with van der Waals surface area (Å²) >= 11 is 6.30. The number of methoxy groups -OCH3 is 2. The molecule has 0 radical (unpaired) electrons. The zero-order valence-corrected chi connectivity index (χ0v) is 11.4. The van der Waals surface area contributed by atoms with Crippen molar-refractivity contribution in [2.75, 3.05) is 27.4 Å². The summed E-state index contributed by atoms with van der Waals surface area (Å²) in [6.07, 6.45) is 1.05. The van der Waals surface area contributed by atoms with Crippen molar-refractivity contribution in [3.8, 4) is 11.5 Å². The molecule has 1 aliphatic heterocycles. The predicted molar refractivity (Wildman–Crippen MR) is 70.6 cm³/mol. The minimum atomic E-state index is 0.411. The van der Waals surface area contributed by atoms with Crippen molar-refractivity contribution in [2.45, 2.75) is 19.0 Å². The van der Waals surface area contributed by atoms with E-state index in [-0.39, 0.29) is 0 Å². The SMILES string of the molecule is COc1ccc(CNC2CCOC2)c(Cl)c1OC. The van der Waals surface area contributed by atoms with Gasteiger partial charge in [-0.15, -0.1) is 0 Å². The molecule has 1 saturated heterocycles. The molecule has 1 heterocycles. The highest BCUT2D eigenvalue weighted by Gasteiger charge is 2.17. The molecule has 18 heavy (non-hydrogen) atoms. The molecule has 0 aliphatic carbocycles. The molecular formula is C13H18ClNO3. The Morgan fingerprint density at radius 2 is 2.22 bits per heavy atom. The zero-order chi connectivity index (χ0) is 13.0. The fraction of sp³-hybridized carbons (Fsp3) is 0.538. The molecule has 4 nitrogen and oxygen atoms in total. The van der Waals surface area contributed by atoms with Crippen LogP contribution >= 0.6 is 11.6 Å². The Balaban J connectivity index is 2.07. The highest BCUT2D eigenvalue weighted by molar-refractivity contribution is 6.33. The Morgan fingerprint density at radius 3 is 2.83 bits per heavy atom. The molecule has 1 N–H and O–H groups in total. The minimum Gasteiger partial charge on any atom is -0.493 e. The van der Waals surface area contributed by atoms with Crippen molar-refractivity contribution >= 4 is 11.6 Å². The molecule has 0 amide bonds. The number of ether oxygens (including phenoxy) is 3. The van der Waals surface area contributed by atoms with Crippen molar-refractivity contribution in [3.63, 3.8) is 0 Å². The van der Waals surface area contributed by atoms with Crippen LogP contribution in [0.4, 0.5) is 0 Å². The van der Waals surface area contributed by atoms with Crippen LogP contribution < -0.4 is 14.8 Å². The molecule has 2 rings (SSSR count). The molecule has 1 aliphatic rings. The van der Waals surface area contributed by atoms with Crippen molar-refractivity contribution in [1.82, 2.24) is 5.32 Å². The van der Waals surface area contributed by atoms with Crippen molar-refractivity contribution in [1.29, 1.82) is 0 Å². The summed E-state index contributed by atoms with van der Waals surface area (Å²) in [4.78, 5) is 0. The third-order valence-electron chi connectivity index (χ3n) is 3.08. The Morgan fingerprint density at radius 1 is 1.39 bits per heavy atom. The van der Waals surface area contributed by atoms with Gasteiger partial charge in [-0.2, -0.15) is 0 Å². The van der Waals surface area contributed by atoms with Gasteiger partial charge < -0.3 is 19.5 Å². The number of rotatable bonds is 5. The van der Waals surface area contributed by atoms with E-state index in [1.54, 1.807) is 14.2 Å². The average Bonchev–Trinajstić information content (AvgIpc) is 2.90. The Bertz CT molecular complexity index is 405. The summed E-state index contributed by atoms with van der Waals surface area (Å²) in [6, 6.07) is 4.23. The summed E-state index contributed by atoms with van der Waals surface area (Å²) in [5.41, 5.74) is 1.00. The molecular weight excluding hydrogens is 254 g/mol. The lowest BCUT2D eigenvalue weighted by atomic mass is 10.1. The highest BCUT2D eigenvalue weighted by Crippen LogP contribution is 2.37. The maximum absolute atomic E-state index is 6.30. The second-order valence-electron chi connectivity index (χ2n) is 4.22. The van der Waals surface area contributed by atoms with Gasteiger partial charge in [0.1, 0.15) is 0 Å². The van der Waals surface area contributed by atoms with Crippen LogP contribution in [0.1, 0.15) is 12.0 Å².